The van der Waals surface area contributed by atoms with E-state index in [9.17, 15) is 5.11 Å². The van der Waals surface area contributed by atoms with Crippen molar-refractivity contribution in [2.75, 3.05) is 18.1 Å². The summed E-state index contributed by atoms with van der Waals surface area (Å²) >= 11 is 2.04. The molecule has 2 N–H and O–H groups in total. The third kappa shape index (κ3) is 3.11. The monoisotopic (exact) mass is 229 g/mol. The first-order valence-electron chi connectivity index (χ1n) is 6.09. The molecule has 0 aromatic rings. The lowest BCUT2D eigenvalue weighted by atomic mass is 9.82. The molecule has 88 valence electrons. The second kappa shape index (κ2) is 4.64. The molecular weight excluding hydrogens is 206 g/mol. The number of rotatable bonds is 4. The zero-order valence-electron chi connectivity index (χ0n) is 9.83. The lowest BCUT2D eigenvalue weighted by Gasteiger charge is -2.39. The van der Waals surface area contributed by atoms with E-state index in [0.717, 1.165) is 6.54 Å². The Morgan fingerprint density at radius 3 is 2.80 bits per heavy atom. The molecule has 0 amide bonds. The Balaban J connectivity index is 1.76. The summed E-state index contributed by atoms with van der Waals surface area (Å²) in [7, 11) is 0. The van der Waals surface area contributed by atoms with Crippen LogP contribution in [0.5, 0.6) is 0 Å². The molecule has 2 unspecified atom stereocenters. The number of nitrogens with one attached hydrogen (secondary N) is 1. The van der Waals surface area contributed by atoms with Crippen LogP contribution < -0.4 is 5.32 Å². The van der Waals surface area contributed by atoms with Gasteiger partial charge in [-0.15, -0.1) is 0 Å². The van der Waals surface area contributed by atoms with Crippen molar-refractivity contribution < 1.29 is 5.11 Å². The fourth-order valence-corrected chi connectivity index (χ4v) is 3.82. The molecule has 2 rings (SSSR count). The quantitative estimate of drug-likeness (QED) is 0.772. The Labute approximate surface area is 97.2 Å². The third-order valence-corrected chi connectivity index (χ3v) is 4.92. The first-order chi connectivity index (χ1) is 7.09. The van der Waals surface area contributed by atoms with Crippen LogP contribution in [-0.2, 0) is 0 Å². The predicted molar refractivity (Wildman–Crippen MR) is 66.2 cm³/mol. The van der Waals surface area contributed by atoms with Crippen molar-refractivity contribution in [3.8, 4) is 0 Å². The molecule has 0 bridgehead atoms. The largest absolute Gasteiger partial charge is 0.392 e. The van der Waals surface area contributed by atoms with Gasteiger partial charge in [-0.25, -0.2) is 0 Å². The highest BCUT2D eigenvalue weighted by Gasteiger charge is 2.34. The normalized spacial score (nSPS) is 32.6. The highest BCUT2D eigenvalue weighted by Crippen LogP contribution is 2.35. The van der Waals surface area contributed by atoms with Gasteiger partial charge in [0.05, 0.1) is 6.10 Å². The van der Waals surface area contributed by atoms with Gasteiger partial charge < -0.3 is 10.4 Å². The van der Waals surface area contributed by atoms with Crippen LogP contribution in [0, 0.1) is 11.3 Å². The maximum absolute atomic E-state index is 9.82. The summed E-state index contributed by atoms with van der Waals surface area (Å²) in [6.07, 6.45) is 3.64. The Morgan fingerprint density at radius 1 is 1.47 bits per heavy atom. The maximum Gasteiger partial charge on any atom is 0.0692 e. The summed E-state index contributed by atoms with van der Waals surface area (Å²) < 4.78 is 0. The number of aliphatic hydroxyl groups is 1. The minimum atomic E-state index is -0.104. The first kappa shape index (κ1) is 11.7. The molecule has 2 nitrogen and oxygen atoms in total. The molecule has 0 aromatic carbocycles. The molecule has 1 saturated heterocycles. The average molecular weight is 229 g/mol. The summed E-state index contributed by atoms with van der Waals surface area (Å²) in [6, 6.07) is 0.574. The van der Waals surface area contributed by atoms with E-state index in [1.54, 1.807) is 0 Å². The highest BCUT2D eigenvalue weighted by atomic mass is 32.2. The molecule has 0 spiro atoms. The van der Waals surface area contributed by atoms with E-state index in [-0.39, 0.29) is 6.10 Å². The molecular formula is C12H23NOS. The number of hydrogen-bond acceptors (Lipinski definition) is 3. The Kier molecular flexibility index (Phi) is 3.63. The van der Waals surface area contributed by atoms with Crippen LogP contribution in [0.4, 0.5) is 0 Å². The molecule has 1 aliphatic carbocycles. The van der Waals surface area contributed by atoms with E-state index in [4.69, 9.17) is 0 Å². The van der Waals surface area contributed by atoms with Crippen LogP contribution in [0.3, 0.4) is 0 Å². The molecule has 1 aliphatic heterocycles. The van der Waals surface area contributed by atoms with Gasteiger partial charge >= 0.3 is 0 Å². The van der Waals surface area contributed by atoms with Crippen molar-refractivity contribution >= 4 is 11.8 Å². The van der Waals surface area contributed by atoms with Crippen LogP contribution in [-0.4, -0.2) is 35.3 Å². The van der Waals surface area contributed by atoms with E-state index < -0.39 is 0 Å². The summed E-state index contributed by atoms with van der Waals surface area (Å²) in [5.74, 6) is 3.08. The molecule has 3 heteroatoms. The van der Waals surface area contributed by atoms with Crippen molar-refractivity contribution in [3.63, 3.8) is 0 Å². The van der Waals surface area contributed by atoms with E-state index >= 15 is 0 Å². The molecule has 15 heavy (non-hydrogen) atoms. The van der Waals surface area contributed by atoms with E-state index in [1.807, 2.05) is 11.8 Å². The van der Waals surface area contributed by atoms with Gasteiger partial charge in [-0.05, 0) is 36.3 Å². The van der Waals surface area contributed by atoms with E-state index in [0.29, 0.717) is 17.4 Å². The lowest BCUT2D eigenvalue weighted by molar-refractivity contribution is 0.132. The van der Waals surface area contributed by atoms with Crippen LogP contribution in [0.1, 0.15) is 33.1 Å². The van der Waals surface area contributed by atoms with Gasteiger partial charge in [-0.1, -0.05) is 13.8 Å². The summed E-state index contributed by atoms with van der Waals surface area (Å²) in [6.45, 7) is 5.47. The number of thioether (sulfide) groups is 1. The van der Waals surface area contributed by atoms with E-state index in [2.05, 4.69) is 19.2 Å². The van der Waals surface area contributed by atoms with Crippen LogP contribution >= 0.6 is 11.8 Å². The molecule has 2 atom stereocenters. The number of aliphatic hydroxyl groups excluding tert-OH is 1. The van der Waals surface area contributed by atoms with E-state index in [1.165, 1.54) is 30.8 Å². The number of hydrogen-bond donors (Lipinski definition) is 2. The van der Waals surface area contributed by atoms with Gasteiger partial charge in [-0.3, -0.25) is 0 Å². The topological polar surface area (TPSA) is 32.3 Å². The highest BCUT2D eigenvalue weighted by molar-refractivity contribution is 7.99. The van der Waals surface area contributed by atoms with Crippen LogP contribution in [0.2, 0.25) is 0 Å². The van der Waals surface area contributed by atoms with Crippen molar-refractivity contribution in [1.29, 1.82) is 0 Å². The van der Waals surface area contributed by atoms with Crippen LogP contribution in [0.25, 0.3) is 0 Å². The predicted octanol–water partition coefficient (Wildman–Crippen LogP) is 1.88. The van der Waals surface area contributed by atoms with Gasteiger partial charge in [-0.2, -0.15) is 11.8 Å². The SMILES string of the molecule is CC1(C)CCSCC1NCC(O)C1CC1. The second-order valence-electron chi connectivity index (χ2n) is 5.68. The van der Waals surface area contributed by atoms with Gasteiger partial charge in [0.2, 0.25) is 0 Å². The Bertz CT molecular complexity index is 216. The van der Waals surface area contributed by atoms with Gasteiger partial charge in [0, 0.05) is 18.3 Å². The standard InChI is InChI=1S/C12H23NOS/c1-12(2)5-6-15-8-11(12)13-7-10(14)9-3-4-9/h9-11,13-14H,3-8H2,1-2H3. The minimum absolute atomic E-state index is 0.104. The van der Waals surface area contributed by atoms with Crippen molar-refractivity contribution in [3.05, 3.63) is 0 Å². The first-order valence-corrected chi connectivity index (χ1v) is 7.24. The van der Waals surface area contributed by atoms with Gasteiger partial charge in [0.1, 0.15) is 0 Å². The lowest BCUT2D eigenvalue weighted by Crippen LogP contribution is -2.49. The molecule has 1 saturated carbocycles. The smallest absolute Gasteiger partial charge is 0.0692 e. The third-order valence-electron chi connectivity index (χ3n) is 3.86. The zero-order chi connectivity index (χ0) is 10.9. The molecule has 2 aliphatic rings. The molecule has 2 fully saturated rings. The van der Waals surface area contributed by atoms with Crippen molar-refractivity contribution in [2.45, 2.75) is 45.3 Å². The van der Waals surface area contributed by atoms with Crippen molar-refractivity contribution in [2.24, 2.45) is 11.3 Å². The molecule has 0 aromatic heterocycles. The summed E-state index contributed by atoms with van der Waals surface area (Å²) in [5, 5.41) is 13.4. The van der Waals surface area contributed by atoms with Gasteiger partial charge in [0.25, 0.3) is 0 Å². The zero-order valence-corrected chi connectivity index (χ0v) is 10.6. The van der Waals surface area contributed by atoms with Crippen LogP contribution in [0.15, 0.2) is 0 Å². The Morgan fingerprint density at radius 2 is 2.20 bits per heavy atom. The fraction of sp³-hybridized carbons (Fsp3) is 1.00. The minimum Gasteiger partial charge on any atom is -0.392 e. The molecule has 0 radical (unpaired) electrons. The fourth-order valence-electron chi connectivity index (χ4n) is 2.18. The van der Waals surface area contributed by atoms with Gasteiger partial charge in [0.15, 0.2) is 0 Å². The Hall–Kier alpha value is 0.270. The summed E-state index contributed by atoms with van der Waals surface area (Å²) in [5.41, 5.74) is 0.397. The average Bonchev–Trinajstić information content (AvgIpc) is 2.98. The maximum atomic E-state index is 9.82. The summed E-state index contributed by atoms with van der Waals surface area (Å²) in [4.78, 5) is 0. The molecule has 1 heterocycles. The van der Waals surface area contributed by atoms with Crippen molar-refractivity contribution in [1.82, 2.24) is 5.32 Å². The second-order valence-corrected chi connectivity index (χ2v) is 6.83.